The first-order chi connectivity index (χ1) is 13.2. The maximum atomic E-state index is 5.87. The second-order valence-corrected chi connectivity index (χ2v) is 6.24. The molecule has 1 N–H and O–H groups in total. The van der Waals surface area contributed by atoms with E-state index in [1.54, 1.807) is 36.6 Å². The van der Waals surface area contributed by atoms with Gasteiger partial charge in [0.05, 0.1) is 6.21 Å². The second kappa shape index (κ2) is 9.16. The Kier molecular flexibility index (Phi) is 6.40. The molecule has 0 fully saturated rings. The van der Waals surface area contributed by atoms with E-state index in [1.165, 1.54) is 4.68 Å². The van der Waals surface area contributed by atoms with Crippen molar-refractivity contribution in [3.8, 4) is 11.5 Å². The van der Waals surface area contributed by atoms with E-state index in [9.17, 15) is 0 Å². The Bertz CT molecular complexity index is 995. The molecule has 0 amide bonds. The van der Waals surface area contributed by atoms with Gasteiger partial charge >= 0.3 is 0 Å². The zero-order valence-corrected chi connectivity index (χ0v) is 15.9. The molecule has 8 heteroatoms. The van der Waals surface area contributed by atoms with Crippen LogP contribution in [0.3, 0.4) is 0 Å². The molecule has 1 heterocycles. The highest BCUT2D eigenvalue weighted by Crippen LogP contribution is 2.17. The highest BCUT2D eigenvalue weighted by atomic mass is 35.5. The number of H-pyrrole nitrogens is 1. The molecule has 0 atom stereocenters. The van der Waals surface area contributed by atoms with Crippen molar-refractivity contribution in [2.24, 2.45) is 5.10 Å². The number of ether oxygens (including phenoxy) is 2. The first-order valence-electron chi connectivity index (χ1n) is 8.08. The largest absolute Gasteiger partial charge is 0.490 e. The highest BCUT2D eigenvalue weighted by Gasteiger charge is 2.06. The summed E-state index contributed by atoms with van der Waals surface area (Å²) in [5, 5.41) is 11.9. The summed E-state index contributed by atoms with van der Waals surface area (Å²) in [4.78, 5) is 0. The van der Waals surface area contributed by atoms with Gasteiger partial charge in [-0.2, -0.15) is 14.9 Å². The normalized spacial score (nSPS) is 10.9. The molecule has 1 aromatic heterocycles. The van der Waals surface area contributed by atoms with E-state index in [2.05, 4.69) is 21.9 Å². The van der Waals surface area contributed by atoms with E-state index in [0.29, 0.717) is 28.0 Å². The number of hydrogen-bond acceptors (Lipinski definition) is 5. The summed E-state index contributed by atoms with van der Waals surface area (Å²) in [5.74, 6) is 1.96. The van der Waals surface area contributed by atoms with Gasteiger partial charge in [-0.1, -0.05) is 36.4 Å². The number of nitrogens with one attached hydrogen (secondary N) is 1. The third kappa shape index (κ3) is 5.29. The van der Waals surface area contributed by atoms with Gasteiger partial charge in [-0.15, -0.1) is 0 Å². The van der Waals surface area contributed by atoms with Crippen LogP contribution in [0.1, 0.15) is 11.4 Å². The number of aromatic nitrogens is 3. The fourth-order valence-electron chi connectivity index (χ4n) is 2.18. The number of hydrogen-bond donors (Lipinski definition) is 1. The zero-order valence-electron chi connectivity index (χ0n) is 14.3. The minimum Gasteiger partial charge on any atom is -0.490 e. The summed E-state index contributed by atoms with van der Waals surface area (Å²) in [6, 6.07) is 14.6. The average Bonchev–Trinajstić information content (AvgIpc) is 3.04. The molecule has 0 spiro atoms. The van der Waals surface area contributed by atoms with Crippen molar-refractivity contribution in [3.05, 3.63) is 82.4 Å². The Labute approximate surface area is 166 Å². The highest BCUT2D eigenvalue weighted by molar-refractivity contribution is 7.71. The van der Waals surface area contributed by atoms with Gasteiger partial charge in [0.1, 0.15) is 24.7 Å². The van der Waals surface area contributed by atoms with Crippen LogP contribution in [-0.2, 0) is 6.61 Å². The molecular formula is C19H17ClN4O2S. The molecule has 138 valence electrons. The average molecular weight is 401 g/mol. The fraction of sp³-hybridized carbons (Fsp3) is 0.105. The molecule has 27 heavy (non-hydrogen) atoms. The molecule has 0 aliphatic carbocycles. The first kappa shape index (κ1) is 18.9. The fourth-order valence-corrected chi connectivity index (χ4v) is 2.50. The van der Waals surface area contributed by atoms with Gasteiger partial charge in [0, 0.05) is 5.02 Å². The predicted octanol–water partition coefficient (Wildman–Crippen LogP) is 4.62. The standard InChI is InChI=1S/C19H17ClN4O2S/c1-2-10-25-17-5-3-4-14(11-17)12-21-24-18(22-23-19(24)27)13-26-16-8-6-15(20)7-9-16/h2-9,11-12H,1,10,13H2,(H,23,27)/b21-12-. The molecule has 2 aromatic carbocycles. The first-order valence-corrected chi connectivity index (χ1v) is 8.87. The van der Waals surface area contributed by atoms with E-state index in [4.69, 9.17) is 33.3 Å². The Balaban J connectivity index is 1.72. The molecule has 6 nitrogen and oxygen atoms in total. The van der Waals surface area contributed by atoms with Crippen molar-refractivity contribution >= 4 is 30.0 Å². The van der Waals surface area contributed by atoms with Crippen molar-refractivity contribution in [3.63, 3.8) is 0 Å². The van der Waals surface area contributed by atoms with Crippen LogP contribution in [0.2, 0.25) is 5.02 Å². The van der Waals surface area contributed by atoms with Crippen molar-refractivity contribution in [1.82, 2.24) is 14.9 Å². The van der Waals surface area contributed by atoms with Crippen LogP contribution >= 0.6 is 23.8 Å². The molecule has 3 aromatic rings. The Morgan fingerprint density at radius 2 is 2.00 bits per heavy atom. The van der Waals surface area contributed by atoms with Crippen LogP contribution in [0.4, 0.5) is 0 Å². The van der Waals surface area contributed by atoms with Crippen LogP contribution in [-0.4, -0.2) is 27.7 Å². The van der Waals surface area contributed by atoms with Gasteiger partial charge in [-0.05, 0) is 54.2 Å². The van der Waals surface area contributed by atoms with Crippen molar-refractivity contribution in [1.29, 1.82) is 0 Å². The lowest BCUT2D eigenvalue weighted by Crippen LogP contribution is -2.04. The number of nitrogens with zero attached hydrogens (tertiary/aromatic N) is 3. The summed E-state index contributed by atoms with van der Waals surface area (Å²) in [5.41, 5.74) is 0.865. The van der Waals surface area contributed by atoms with Crippen molar-refractivity contribution in [2.45, 2.75) is 6.61 Å². The van der Waals surface area contributed by atoms with Gasteiger partial charge in [-0.25, -0.2) is 5.10 Å². The SMILES string of the molecule is C=CCOc1cccc(/C=N\n2c(COc3ccc(Cl)cc3)n[nH]c2=S)c1. The quantitative estimate of drug-likeness (QED) is 0.340. The molecule has 0 saturated carbocycles. The lowest BCUT2D eigenvalue weighted by molar-refractivity contribution is 0.290. The van der Waals surface area contributed by atoms with Crippen LogP contribution in [0, 0.1) is 4.77 Å². The maximum absolute atomic E-state index is 5.87. The lowest BCUT2D eigenvalue weighted by Gasteiger charge is -2.06. The number of rotatable bonds is 8. The smallest absolute Gasteiger partial charge is 0.216 e. The van der Waals surface area contributed by atoms with E-state index in [0.717, 1.165) is 11.3 Å². The monoisotopic (exact) mass is 400 g/mol. The summed E-state index contributed by atoms with van der Waals surface area (Å²) in [7, 11) is 0. The van der Waals surface area contributed by atoms with Gasteiger partial charge in [0.2, 0.25) is 4.77 Å². The number of halogens is 1. The minimum atomic E-state index is 0.203. The molecule has 0 radical (unpaired) electrons. The van der Waals surface area contributed by atoms with Crippen LogP contribution in [0.15, 0.2) is 66.3 Å². The van der Waals surface area contributed by atoms with E-state index in [-0.39, 0.29) is 6.61 Å². The van der Waals surface area contributed by atoms with E-state index in [1.807, 2.05) is 24.3 Å². The van der Waals surface area contributed by atoms with Gasteiger partial charge < -0.3 is 9.47 Å². The zero-order chi connectivity index (χ0) is 19.1. The van der Waals surface area contributed by atoms with E-state index < -0.39 is 0 Å². The Hall–Kier alpha value is -2.90. The topological polar surface area (TPSA) is 64.4 Å². The molecular weight excluding hydrogens is 384 g/mol. The van der Waals surface area contributed by atoms with Gasteiger partial charge in [-0.3, -0.25) is 0 Å². The number of benzene rings is 2. The maximum Gasteiger partial charge on any atom is 0.216 e. The minimum absolute atomic E-state index is 0.203. The predicted molar refractivity (Wildman–Crippen MR) is 108 cm³/mol. The van der Waals surface area contributed by atoms with Crippen LogP contribution in [0.25, 0.3) is 0 Å². The van der Waals surface area contributed by atoms with Crippen LogP contribution < -0.4 is 9.47 Å². The third-order valence-electron chi connectivity index (χ3n) is 3.45. The van der Waals surface area contributed by atoms with Crippen molar-refractivity contribution in [2.75, 3.05) is 6.61 Å². The Morgan fingerprint density at radius 1 is 1.19 bits per heavy atom. The van der Waals surface area contributed by atoms with Gasteiger partial charge in [0.25, 0.3) is 0 Å². The summed E-state index contributed by atoms with van der Waals surface area (Å²) in [6.07, 6.45) is 3.37. The van der Waals surface area contributed by atoms with Gasteiger partial charge in [0.15, 0.2) is 5.82 Å². The van der Waals surface area contributed by atoms with Crippen LogP contribution in [0.5, 0.6) is 11.5 Å². The molecule has 3 rings (SSSR count). The molecule has 0 unspecified atom stereocenters. The third-order valence-corrected chi connectivity index (χ3v) is 3.96. The molecule has 0 bridgehead atoms. The second-order valence-electron chi connectivity index (χ2n) is 5.42. The summed E-state index contributed by atoms with van der Waals surface area (Å²) in [6.45, 7) is 4.28. The van der Waals surface area contributed by atoms with E-state index >= 15 is 0 Å². The molecule has 0 aliphatic heterocycles. The molecule has 0 saturated heterocycles. The molecule has 0 aliphatic rings. The summed E-state index contributed by atoms with van der Waals surface area (Å²) < 4.78 is 13.1. The summed E-state index contributed by atoms with van der Waals surface area (Å²) >= 11 is 11.1. The number of aromatic amines is 1. The Morgan fingerprint density at radius 3 is 2.78 bits per heavy atom. The van der Waals surface area contributed by atoms with Crippen molar-refractivity contribution < 1.29 is 9.47 Å². The lowest BCUT2D eigenvalue weighted by atomic mass is 10.2.